The number of ether oxygens (including phenoxy) is 2. The number of nitro benzene ring substituents is 1. The van der Waals surface area contributed by atoms with E-state index in [2.05, 4.69) is 37.0 Å². The Morgan fingerprint density at radius 3 is 2.45 bits per heavy atom. The molecule has 1 heterocycles. The third-order valence-electron chi connectivity index (χ3n) is 5.58. The van der Waals surface area contributed by atoms with Gasteiger partial charge >= 0.3 is 0 Å². The molecule has 0 unspecified atom stereocenters. The Bertz CT molecular complexity index is 1610. The highest BCUT2D eigenvalue weighted by atomic mass is 79.9. The van der Waals surface area contributed by atoms with Gasteiger partial charge in [-0.2, -0.15) is 9.78 Å². The quantitative estimate of drug-likeness (QED) is 0.128. The van der Waals surface area contributed by atoms with Gasteiger partial charge in [-0.1, -0.05) is 36.7 Å². The second-order valence-corrected chi connectivity index (χ2v) is 11.2. The lowest BCUT2D eigenvalue weighted by Gasteiger charge is -2.21. The largest absolute Gasteiger partial charge is 0.493 e. The minimum absolute atomic E-state index is 0.0131. The van der Waals surface area contributed by atoms with Crippen LogP contribution in [-0.4, -0.2) is 27.9 Å². The highest BCUT2D eigenvalue weighted by molar-refractivity contribution is 9.10. The fourth-order valence-corrected chi connectivity index (χ4v) is 4.62. The summed E-state index contributed by atoms with van der Waals surface area (Å²) in [5, 5.41) is 15.8. The molecule has 0 spiro atoms. The predicted octanol–water partition coefficient (Wildman–Crippen LogP) is 6.60. The predicted molar refractivity (Wildman–Crippen MR) is 154 cm³/mol. The average molecular weight is 644 g/mol. The summed E-state index contributed by atoms with van der Waals surface area (Å²) in [6.45, 7) is 6.11. The molecule has 0 aliphatic rings. The van der Waals surface area contributed by atoms with Crippen LogP contribution in [0.25, 0.3) is 10.9 Å². The van der Waals surface area contributed by atoms with Crippen LogP contribution in [0, 0.1) is 10.1 Å². The number of halogens is 2. The number of hydrogen-bond donors (Lipinski definition) is 0. The topological polar surface area (TPSA) is 109 Å². The number of nitrogens with zero attached hydrogens (tertiary/aromatic N) is 4. The zero-order valence-corrected chi connectivity index (χ0v) is 24.2. The fraction of sp³-hybridized carbons (Fsp3) is 0.222. The maximum atomic E-state index is 13.4. The van der Waals surface area contributed by atoms with E-state index in [0.29, 0.717) is 38.3 Å². The number of non-ortho nitro benzene ring substituents is 1. The maximum absolute atomic E-state index is 13.4. The second-order valence-electron chi connectivity index (χ2n) is 9.45. The van der Waals surface area contributed by atoms with E-state index in [9.17, 15) is 14.9 Å². The number of fused-ring (bicyclic) bond motifs is 1. The van der Waals surface area contributed by atoms with Crippen LogP contribution in [0.2, 0.25) is 0 Å². The van der Waals surface area contributed by atoms with Crippen molar-refractivity contribution < 1.29 is 14.4 Å². The van der Waals surface area contributed by atoms with E-state index in [1.807, 2.05) is 32.9 Å². The highest BCUT2D eigenvalue weighted by Crippen LogP contribution is 2.37. The minimum atomic E-state index is -0.448. The lowest BCUT2D eigenvalue weighted by atomic mass is 9.95. The fourth-order valence-electron chi connectivity index (χ4n) is 3.69. The summed E-state index contributed by atoms with van der Waals surface area (Å²) in [5.74, 6) is 1.45. The van der Waals surface area contributed by atoms with Gasteiger partial charge in [-0.05, 0) is 69.5 Å². The van der Waals surface area contributed by atoms with E-state index in [-0.39, 0.29) is 17.9 Å². The van der Waals surface area contributed by atoms with Crippen LogP contribution in [0.15, 0.2) is 73.4 Å². The Morgan fingerprint density at radius 1 is 1.11 bits per heavy atom. The zero-order chi connectivity index (χ0) is 27.6. The van der Waals surface area contributed by atoms with Crippen LogP contribution in [-0.2, 0) is 12.0 Å². The van der Waals surface area contributed by atoms with Crippen molar-refractivity contribution >= 4 is 54.7 Å². The molecule has 0 radical (unpaired) electrons. The molecule has 0 atom stereocenters. The van der Waals surface area contributed by atoms with Crippen molar-refractivity contribution in [3.8, 4) is 11.5 Å². The van der Waals surface area contributed by atoms with Crippen LogP contribution in [0.5, 0.6) is 11.5 Å². The van der Waals surface area contributed by atoms with Gasteiger partial charge in [0.05, 0.1) is 33.6 Å². The molecular formula is C27H24Br2N4O5. The van der Waals surface area contributed by atoms with Crippen molar-refractivity contribution in [1.82, 2.24) is 9.66 Å². The third kappa shape index (κ3) is 5.94. The summed E-state index contributed by atoms with van der Waals surface area (Å²) >= 11 is 6.95. The smallest absolute Gasteiger partial charge is 0.282 e. The third-order valence-corrected chi connectivity index (χ3v) is 6.67. The van der Waals surface area contributed by atoms with Crippen molar-refractivity contribution in [3.05, 3.63) is 101 Å². The van der Waals surface area contributed by atoms with Crippen molar-refractivity contribution in [2.24, 2.45) is 5.10 Å². The molecule has 4 aromatic rings. The number of nitro groups is 1. The van der Waals surface area contributed by atoms with Gasteiger partial charge in [0.15, 0.2) is 11.5 Å². The van der Waals surface area contributed by atoms with Gasteiger partial charge in [-0.3, -0.25) is 14.9 Å². The van der Waals surface area contributed by atoms with Gasteiger partial charge < -0.3 is 9.47 Å². The van der Waals surface area contributed by atoms with Crippen LogP contribution in [0.3, 0.4) is 0 Å². The van der Waals surface area contributed by atoms with Crippen LogP contribution in [0.4, 0.5) is 5.69 Å². The number of methoxy groups -OCH3 is 1. The SMILES string of the molecule is COc1cc(C=Nn2c(C(C)(C)C)nc3ccc(Br)cc3c2=O)cc(Br)c1OCc1ccc([N+](=O)[O-])cc1. The van der Waals surface area contributed by atoms with Gasteiger partial charge in [0, 0.05) is 22.0 Å². The summed E-state index contributed by atoms with van der Waals surface area (Å²) in [5.41, 5.74) is 1.34. The molecule has 0 fully saturated rings. The molecule has 4 rings (SSSR count). The first kappa shape index (κ1) is 27.5. The molecule has 0 saturated heterocycles. The summed E-state index contributed by atoms with van der Waals surface area (Å²) in [6, 6.07) is 15.1. The molecule has 0 bridgehead atoms. The molecule has 9 nitrogen and oxygen atoms in total. The van der Waals surface area contributed by atoms with E-state index in [1.54, 1.807) is 36.5 Å². The Hall–Kier alpha value is -3.57. The number of hydrogen-bond acceptors (Lipinski definition) is 7. The van der Waals surface area contributed by atoms with Crippen LogP contribution >= 0.6 is 31.9 Å². The summed E-state index contributed by atoms with van der Waals surface area (Å²) < 4.78 is 14.2. The molecule has 0 aliphatic carbocycles. The van der Waals surface area contributed by atoms with E-state index < -0.39 is 10.3 Å². The van der Waals surface area contributed by atoms with E-state index >= 15 is 0 Å². The molecule has 1 aromatic heterocycles. The first-order chi connectivity index (χ1) is 18.0. The van der Waals surface area contributed by atoms with Gasteiger partial charge in [-0.25, -0.2) is 4.98 Å². The van der Waals surface area contributed by atoms with Gasteiger partial charge in [0.1, 0.15) is 12.4 Å². The monoisotopic (exact) mass is 642 g/mol. The Balaban J connectivity index is 1.67. The second kappa shape index (κ2) is 11.0. The van der Waals surface area contributed by atoms with E-state index in [4.69, 9.17) is 14.5 Å². The minimum Gasteiger partial charge on any atom is -0.493 e. The number of rotatable bonds is 7. The summed E-state index contributed by atoms with van der Waals surface area (Å²) in [7, 11) is 1.52. The van der Waals surface area contributed by atoms with Crippen molar-refractivity contribution in [2.75, 3.05) is 7.11 Å². The number of benzene rings is 3. The average Bonchev–Trinajstić information content (AvgIpc) is 2.87. The maximum Gasteiger partial charge on any atom is 0.282 e. The van der Waals surface area contributed by atoms with Crippen molar-refractivity contribution in [3.63, 3.8) is 0 Å². The standard InChI is InChI=1S/C27H24Br2N4O5/c1-27(2,3)26-31-22-10-7-18(28)13-20(22)25(34)32(26)30-14-17-11-21(29)24(23(12-17)37-4)38-15-16-5-8-19(9-6-16)33(35)36/h5-14H,15H2,1-4H3. The Kier molecular flexibility index (Phi) is 7.98. The molecule has 0 N–H and O–H groups in total. The molecule has 11 heteroatoms. The molecule has 0 amide bonds. The summed E-state index contributed by atoms with van der Waals surface area (Å²) in [6.07, 6.45) is 1.57. The van der Waals surface area contributed by atoms with Gasteiger partial charge in [0.25, 0.3) is 11.2 Å². The Labute approximate surface area is 235 Å². The molecule has 3 aromatic carbocycles. The first-order valence-corrected chi connectivity index (χ1v) is 13.1. The molecular weight excluding hydrogens is 620 g/mol. The van der Waals surface area contributed by atoms with Gasteiger partial charge in [0.2, 0.25) is 0 Å². The molecule has 196 valence electrons. The van der Waals surface area contributed by atoms with Crippen molar-refractivity contribution in [1.29, 1.82) is 0 Å². The molecule has 38 heavy (non-hydrogen) atoms. The van der Waals surface area contributed by atoms with Crippen molar-refractivity contribution in [2.45, 2.75) is 32.8 Å². The van der Waals surface area contributed by atoms with E-state index in [1.165, 1.54) is 23.9 Å². The number of aromatic nitrogens is 2. The zero-order valence-electron chi connectivity index (χ0n) is 21.1. The van der Waals surface area contributed by atoms with Gasteiger partial charge in [-0.15, -0.1) is 0 Å². The summed E-state index contributed by atoms with van der Waals surface area (Å²) in [4.78, 5) is 28.5. The van der Waals surface area contributed by atoms with Crippen LogP contribution < -0.4 is 15.0 Å². The normalized spacial score (nSPS) is 11.7. The molecule has 0 aliphatic heterocycles. The molecule has 0 saturated carbocycles. The lowest BCUT2D eigenvalue weighted by Crippen LogP contribution is -2.29. The van der Waals surface area contributed by atoms with Crippen LogP contribution in [0.1, 0.15) is 37.7 Å². The first-order valence-electron chi connectivity index (χ1n) is 11.5. The Morgan fingerprint density at radius 2 is 1.82 bits per heavy atom. The van der Waals surface area contributed by atoms with E-state index in [0.717, 1.165) is 10.0 Å². The highest BCUT2D eigenvalue weighted by Gasteiger charge is 2.23. The lowest BCUT2D eigenvalue weighted by molar-refractivity contribution is -0.384.